The van der Waals surface area contributed by atoms with Crippen LogP contribution in [0, 0.1) is 0 Å². The van der Waals surface area contributed by atoms with Crippen molar-refractivity contribution in [3.63, 3.8) is 0 Å². The zero-order chi connectivity index (χ0) is 9.14. The minimum absolute atomic E-state index is 0.0200. The largest absolute Gasteiger partial charge is 0.391 e. The number of likely N-dealkylation sites (tertiary alicyclic amines) is 1. The van der Waals surface area contributed by atoms with Crippen molar-refractivity contribution in [2.45, 2.75) is 26.4 Å². The highest BCUT2D eigenvalue weighted by molar-refractivity contribution is 5.88. The second kappa shape index (κ2) is 3.72. The van der Waals surface area contributed by atoms with Gasteiger partial charge in [-0.05, 0) is 20.3 Å². The smallest absolute Gasteiger partial charge is 0.246 e. The van der Waals surface area contributed by atoms with Crippen molar-refractivity contribution < 1.29 is 9.90 Å². The summed E-state index contributed by atoms with van der Waals surface area (Å²) in [6, 6.07) is 0. The number of allylic oxidation sites excluding steroid dienone is 1. The Labute approximate surface area is 72.7 Å². The molecule has 1 saturated heterocycles. The van der Waals surface area contributed by atoms with Gasteiger partial charge in [0.25, 0.3) is 0 Å². The molecule has 0 radical (unpaired) electrons. The molecule has 0 saturated carbocycles. The molecule has 0 aromatic carbocycles. The lowest BCUT2D eigenvalue weighted by atomic mass is 10.3. The number of amides is 1. The number of aliphatic hydroxyl groups excluding tert-OH is 1. The van der Waals surface area contributed by atoms with Gasteiger partial charge in [-0.1, -0.05) is 5.57 Å². The fraction of sp³-hybridized carbons (Fsp3) is 0.667. The monoisotopic (exact) mass is 169 g/mol. The Hall–Kier alpha value is -0.830. The van der Waals surface area contributed by atoms with E-state index in [2.05, 4.69) is 0 Å². The van der Waals surface area contributed by atoms with Gasteiger partial charge in [0.1, 0.15) is 0 Å². The molecule has 0 unspecified atom stereocenters. The van der Waals surface area contributed by atoms with E-state index in [1.807, 2.05) is 13.8 Å². The highest BCUT2D eigenvalue weighted by Gasteiger charge is 2.22. The third-order valence-corrected chi connectivity index (χ3v) is 1.89. The van der Waals surface area contributed by atoms with Crippen LogP contribution in [-0.2, 0) is 4.79 Å². The molecule has 3 heteroatoms. The van der Waals surface area contributed by atoms with Crippen LogP contribution in [0.5, 0.6) is 0 Å². The Bertz CT molecular complexity index is 207. The minimum atomic E-state index is -0.320. The standard InChI is InChI=1S/C9H15NO2/c1-7(2)5-9(12)10-4-3-8(11)6-10/h5,8,11H,3-4,6H2,1-2H3/t8-/m0/s1. The fourth-order valence-electron chi connectivity index (χ4n) is 1.28. The maximum Gasteiger partial charge on any atom is 0.246 e. The maximum absolute atomic E-state index is 11.3. The van der Waals surface area contributed by atoms with Gasteiger partial charge in [0.05, 0.1) is 6.10 Å². The normalized spacial score (nSPS) is 22.6. The van der Waals surface area contributed by atoms with E-state index in [1.165, 1.54) is 0 Å². The lowest BCUT2D eigenvalue weighted by Crippen LogP contribution is -2.27. The second-order valence-corrected chi connectivity index (χ2v) is 3.45. The third kappa shape index (κ3) is 2.34. The van der Waals surface area contributed by atoms with Crippen LogP contribution in [0.2, 0.25) is 0 Å². The number of rotatable bonds is 1. The lowest BCUT2D eigenvalue weighted by molar-refractivity contribution is -0.125. The predicted molar refractivity (Wildman–Crippen MR) is 46.6 cm³/mol. The molecular weight excluding hydrogens is 154 g/mol. The molecular formula is C9H15NO2. The average Bonchev–Trinajstić information content (AvgIpc) is 2.34. The number of carbonyl (C=O) groups excluding carboxylic acids is 1. The number of nitrogens with zero attached hydrogens (tertiary/aromatic N) is 1. The highest BCUT2D eigenvalue weighted by Crippen LogP contribution is 2.09. The van der Waals surface area contributed by atoms with Crippen molar-refractivity contribution >= 4 is 5.91 Å². The molecule has 3 nitrogen and oxygen atoms in total. The summed E-state index contributed by atoms with van der Waals surface area (Å²) in [4.78, 5) is 13.0. The second-order valence-electron chi connectivity index (χ2n) is 3.45. The summed E-state index contributed by atoms with van der Waals surface area (Å²) < 4.78 is 0. The Morgan fingerprint density at radius 1 is 1.58 bits per heavy atom. The summed E-state index contributed by atoms with van der Waals surface area (Å²) in [5.74, 6) is 0.0200. The topological polar surface area (TPSA) is 40.5 Å². The van der Waals surface area contributed by atoms with Gasteiger partial charge in [0, 0.05) is 19.2 Å². The molecule has 0 bridgehead atoms. The van der Waals surface area contributed by atoms with E-state index in [0.717, 1.165) is 5.57 Å². The number of hydrogen-bond acceptors (Lipinski definition) is 2. The predicted octanol–water partition coefficient (Wildman–Crippen LogP) is 0.546. The molecule has 1 N–H and O–H groups in total. The van der Waals surface area contributed by atoms with Gasteiger partial charge in [-0.2, -0.15) is 0 Å². The molecule has 1 rings (SSSR count). The van der Waals surface area contributed by atoms with E-state index in [1.54, 1.807) is 11.0 Å². The van der Waals surface area contributed by atoms with Gasteiger partial charge in [-0.3, -0.25) is 4.79 Å². The fourth-order valence-corrected chi connectivity index (χ4v) is 1.28. The zero-order valence-electron chi connectivity index (χ0n) is 7.58. The minimum Gasteiger partial charge on any atom is -0.391 e. The first-order valence-electron chi connectivity index (χ1n) is 4.21. The molecule has 1 aliphatic heterocycles. The van der Waals surface area contributed by atoms with Crippen molar-refractivity contribution in [3.05, 3.63) is 11.6 Å². The molecule has 1 heterocycles. The Morgan fingerprint density at radius 2 is 2.25 bits per heavy atom. The van der Waals surface area contributed by atoms with Crippen molar-refractivity contribution in [3.8, 4) is 0 Å². The molecule has 1 atom stereocenters. The van der Waals surface area contributed by atoms with Crippen LogP contribution >= 0.6 is 0 Å². The van der Waals surface area contributed by atoms with Gasteiger partial charge >= 0.3 is 0 Å². The first-order valence-corrected chi connectivity index (χ1v) is 4.21. The van der Waals surface area contributed by atoms with E-state index in [9.17, 15) is 4.79 Å². The van der Waals surface area contributed by atoms with Gasteiger partial charge in [0.2, 0.25) is 5.91 Å². The number of aliphatic hydroxyl groups is 1. The molecule has 1 aliphatic rings. The number of β-amino-alcohol motifs (C(OH)–C–C–N with tert-alkyl or cyclic N) is 1. The zero-order valence-corrected chi connectivity index (χ0v) is 7.58. The highest BCUT2D eigenvalue weighted by atomic mass is 16.3. The van der Waals surface area contributed by atoms with Crippen molar-refractivity contribution in [1.82, 2.24) is 4.90 Å². The molecule has 0 spiro atoms. The summed E-state index contributed by atoms with van der Waals surface area (Å²) in [5, 5.41) is 9.17. The average molecular weight is 169 g/mol. The van der Waals surface area contributed by atoms with E-state index in [0.29, 0.717) is 19.5 Å². The van der Waals surface area contributed by atoms with Gasteiger partial charge < -0.3 is 10.0 Å². The Kier molecular flexibility index (Phi) is 2.87. The number of carbonyl (C=O) groups is 1. The van der Waals surface area contributed by atoms with Crippen LogP contribution in [0.1, 0.15) is 20.3 Å². The van der Waals surface area contributed by atoms with Crippen LogP contribution in [-0.4, -0.2) is 35.1 Å². The molecule has 0 aromatic rings. The first kappa shape index (κ1) is 9.26. The van der Waals surface area contributed by atoms with E-state index in [4.69, 9.17) is 5.11 Å². The summed E-state index contributed by atoms with van der Waals surface area (Å²) in [6.45, 7) is 4.96. The van der Waals surface area contributed by atoms with E-state index >= 15 is 0 Å². The third-order valence-electron chi connectivity index (χ3n) is 1.89. The quantitative estimate of drug-likeness (QED) is 0.582. The van der Waals surface area contributed by atoms with Crippen molar-refractivity contribution in [2.75, 3.05) is 13.1 Å². The van der Waals surface area contributed by atoms with Crippen LogP contribution in [0.4, 0.5) is 0 Å². The van der Waals surface area contributed by atoms with Crippen LogP contribution < -0.4 is 0 Å². The van der Waals surface area contributed by atoms with Crippen LogP contribution in [0.15, 0.2) is 11.6 Å². The van der Waals surface area contributed by atoms with Crippen LogP contribution in [0.3, 0.4) is 0 Å². The molecule has 12 heavy (non-hydrogen) atoms. The van der Waals surface area contributed by atoms with Gasteiger partial charge in [-0.15, -0.1) is 0 Å². The SMILES string of the molecule is CC(C)=CC(=O)N1CC[C@H](O)C1. The first-order chi connectivity index (χ1) is 5.59. The lowest BCUT2D eigenvalue weighted by Gasteiger charge is -2.12. The summed E-state index contributed by atoms with van der Waals surface area (Å²) in [5.41, 5.74) is 1.00. The van der Waals surface area contributed by atoms with E-state index < -0.39 is 0 Å². The Morgan fingerprint density at radius 3 is 2.67 bits per heavy atom. The molecule has 0 aliphatic carbocycles. The maximum atomic E-state index is 11.3. The summed E-state index contributed by atoms with van der Waals surface area (Å²) in [7, 11) is 0. The van der Waals surface area contributed by atoms with E-state index in [-0.39, 0.29) is 12.0 Å². The van der Waals surface area contributed by atoms with Gasteiger partial charge in [0.15, 0.2) is 0 Å². The molecule has 1 fully saturated rings. The summed E-state index contributed by atoms with van der Waals surface area (Å²) >= 11 is 0. The molecule has 0 aromatic heterocycles. The van der Waals surface area contributed by atoms with Crippen LogP contribution in [0.25, 0.3) is 0 Å². The van der Waals surface area contributed by atoms with Gasteiger partial charge in [-0.25, -0.2) is 0 Å². The van der Waals surface area contributed by atoms with Crippen molar-refractivity contribution in [2.24, 2.45) is 0 Å². The number of hydrogen-bond donors (Lipinski definition) is 1. The molecule has 1 amide bonds. The Balaban J connectivity index is 2.49. The molecule has 68 valence electrons. The summed E-state index contributed by atoms with van der Waals surface area (Å²) in [6.07, 6.45) is 2.00. The van der Waals surface area contributed by atoms with Crippen molar-refractivity contribution in [1.29, 1.82) is 0 Å².